The number of aromatic nitrogens is 4. The summed E-state index contributed by atoms with van der Waals surface area (Å²) >= 11 is 0. The van der Waals surface area contributed by atoms with Gasteiger partial charge in [-0.05, 0) is 22.6 Å². The van der Waals surface area contributed by atoms with Gasteiger partial charge in [0.15, 0.2) is 0 Å². The Bertz CT molecular complexity index is 544. The fraction of sp³-hybridized carbons (Fsp3) is 0.200. The molecule has 1 aromatic heterocycles. The lowest BCUT2D eigenvalue weighted by atomic mass is 10.2. The number of tetrazole rings is 1. The van der Waals surface area contributed by atoms with Crippen LogP contribution in [-0.2, 0) is 14.1 Å². The molecule has 82 valence electrons. The Labute approximate surface area is 91.8 Å². The zero-order chi connectivity index (χ0) is 11.5. The molecule has 2 rings (SSSR count). The normalized spacial score (nSPS) is 10.1. The minimum absolute atomic E-state index is 0.304. The average Bonchev–Trinajstić information content (AvgIpc) is 2.62. The van der Waals surface area contributed by atoms with Crippen LogP contribution in [0.3, 0.4) is 0 Å². The Morgan fingerprint density at radius 2 is 1.69 bits per heavy atom. The molecule has 0 bridgehead atoms. The van der Waals surface area contributed by atoms with Gasteiger partial charge in [-0.2, -0.15) is 4.99 Å². The highest BCUT2D eigenvalue weighted by Gasteiger charge is 2.04. The zero-order valence-electron chi connectivity index (χ0n) is 9.03. The smallest absolute Gasteiger partial charge is 0.267 e. The number of amides is 1. The molecule has 0 spiro atoms. The largest absolute Gasteiger partial charge is 0.280 e. The molecule has 0 saturated carbocycles. The summed E-state index contributed by atoms with van der Waals surface area (Å²) in [6, 6.07) is 8.88. The average molecular weight is 217 g/mol. The monoisotopic (exact) mass is 217 g/mol. The number of carbonyl (C=O) groups is 1. The van der Waals surface area contributed by atoms with Gasteiger partial charge in [0.2, 0.25) is 5.62 Å². The van der Waals surface area contributed by atoms with E-state index in [1.165, 1.54) is 9.36 Å². The van der Waals surface area contributed by atoms with Crippen molar-refractivity contribution in [3.05, 3.63) is 41.5 Å². The third kappa shape index (κ3) is 1.90. The molecule has 6 heteroatoms. The van der Waals surface area contributed by atoms with Crippen molar-refractivity contribution in [1.82, 2.24) is 19.8 Å². The van der Waals surface area contributed by atoms with Crippen LogP contribution in [0.4, 0.5) is 0 Å². The van der Waals surface area contributed by atoms with Crippen LogP contribution in [0.1, 0.15) is 10.4 Å². The molecular formula is C10H11N5O. The Hall–Kier alpha value is -2.24. The number of aryl methyl sites for hydroxylation is 2. The van der Waals surface area contributed by atoms with Gasteiger partial charge in [-0.25, -0.2) is 9.36 Å². The van der Waals surface area contributed by atoms with E-state index < -0.39 is 0 Å². The van der Waals surface area contributed by atoms with E-state index in [0.29, 0.717) is 11.2 Å². The predicted octanol–water partition coefficient (Wildman–Crippen LogP) is -0.105. The molecule has 0 aliphatic rings. The molecule has 16 heavy (non-hydrogen) atoms. The van der Waals surface area contributed by atoms with Crippen molar-refractivity contribution >= 4 is 5.91 Å². The summed E-state index contributed by atoms with van der Waals surface area (Å²) in [6.45, 7) is 0. The number of rotatable bonds is 1. The van der Waals surface area contributed by atoms with Crippen LogP contribution in [0.25, 0.3) is 0 Å². The number of carbonyl (C=O) groups excluding carboxylic acids is 1. The molecule has 6 nitrogen and oxygen atoms in total. The molecular weight excluding hydrogens is 206 g/mol. The van der Waals surface area contributed by atoms with Crippen molar-refractivity contribution in [3.8, 4) is 0 Å². The van der Waals surface area contributed by atoms with Gasteiger partial charge in [-0.15, -0.1) is 0 Å². The number of hydrogen-bond acceptors (Lipinski definition) is 3. The van der Waals surface area contributed by atoms with Gasteiger partial charge < -0.3 is 0 Å². The van der Waals surface area contributed by atoms with Crippen LogP contribution in [-0.4, -0.2) is 25.7 Å². The Kier molecular flexibility index (Phi) is 2.63. The lowest BCUT2D eigenvalue weighted by Crippen LogP contribution is -2.24. The zero-order valence-corrected chi connectivity index (χ0v) is 9.03. The number of nitrogens with zero attached hydrogens (tertiary/aromatic N) is 5. The molecule has 0 N–H and O–H groups in total. The van der Waals surface area contributed by atoms with Crippen molar-refractivity contribution in [2.75, 3.05) is 0 Å². The van der Waals surface area contributed by atoms with E-state index in [0.717, 1.165) is 0 Å². The fourth-order valence-corrected chi connectivity index (χ4v) is 1.29. The third-order valence-electron chi connectivity index (χ3n) is 2.11. The minimum atomic E-state index is -0.304. The number of benzene rings is 1. The van der Waals surface area contributed by atoms with Crippen LogP contribution in [0, 0.1) is 0 Å². The molecule has 0 saturated heterocycles. The molecule has 0 atom stereocenters. The van der Waals surface area contributed by atoms with Crippen LogP contribution < -0.4 is 5.62 Å². The maximum Gasteiger partial charge on any atom is 0.280 e. The minimum Gasteiger partial charge on any atom is -0.267 e. The summed E-state index contributed by atoms with van der Waals surface area (Å²) in [7, 11) is 3.37. The first kappa shape index (κ1) is 10.3. The highest BCUT2D eigenvalue weighted by atomic mass is 16.1. The summed E-state index contributed by atoms with van der Waals surface area (Å²) < 4.78 is 2.89. The summed E-state index contributed by atoms with van der Waals surface area (Å²) in [5.74, 6) is -0.304. The Morgan fingerprint density at radius 1 is 1.12 bits per heavy atom. The van der Waals surface area contributed by atoms with E-state index in [9.17, 15) is 4.79 Å². The first-order valence-electron chi connectivity index (χ1n) is 4.75. The molecule has 0 aliphatic carbocycles. The molecule has 1 heterocycles. The Balaban J connectivity index is 2.43. The van der Waals surface area contributed by atoms with Gasteiger partial charge in [0.1, 0.15) is 0 Å². The van der Waals surface area contributed by atoms with Gasteiger partial charge in [0.25, 0.3) is 5.91 Å². The standard InChI is InChI=1S/C10H11N5O/c1-14-10(15(2)13-12-14)11-9(16)8-6-4-3-5-7-8/h3-7H,1-2H3. The molecule has 0 radical (unpaired) electrons. The van der Waals surface area contributed by atoms with Gasteiger partial charge in [-0.3, -0.25) is 4.79 Å². The maximum atomic E-state index is 11.8. The lowest BCUT2D eigenvalue weighted by molar-refractivity contribution is 0.0995. The topological polar surface area (TPSA) is 65.1 Å². The maximum absolute atomic E-state index is 11.8. The van der Waals surface area contributed by atoms with Crippen LogP contribution >= 0.6 is 0 Å². The van der Waals surface area contributed by atoms with Crippen LogP contribution in [0.15, 0.2) is 35.3 Å². The molecule has 0 fully saturated rings. The fourth-order valence-electron chi connectivity index (χ4n) is 1.29. The van der Waals surface area contributed by atoms with E-state index in [2.05, 4.69) is 15.4 Å². The molecule has 0 aliphatic heterocycles. The first-order chi connectivity index (χ1) is 7.68. The van der Waals surface area contributed by atoms with Crippen LogP contribution in [0.5, 0.6) is 0 Å². The molecule has 1 amide bonds. The summed E-state index contributed by atoms with van der Waals surface area (Å²) in [4.78, 5) is 15.7. The first-order valence-corrected chi connectivity index (χ1v) is 4.75. The van der Waals surface area contributed by atoms with E-state index in [1.54, 1.807) is 38.4 Å². The predicted molar refractivity (Wildman–Crippen MR) is 56.3 cm³/mol. The van der Waals surface area contributed by atoms with Crippen molar-refractivity contribution in [2.24, 2.45) is 19.1 Å². The molecule has 2 aromatic rings. The van der Waals surface area contributed by atoms with E-state index >= 15 is 0 Å². The summed E-state index contributed by atoms with van der Waals surface area (Å²) in [5.41, 5.74) is 0.956. The van der Waals surface area contributed by atoms with E-state index in [4.69, 9.17) is 0 Å². The second-order valence-corrected chi connectivity index (χ2v) is 3.31. The highest BCUT2D eigenvalue weighted by Crippen LogP contribution is 1.99. The van der Waals surface area contributed by atoms with Crippen molar-refractivity contribution in [1.29, 1.82) is 0 Å². The van der Waals surface area contributed by atoms with Crippen molar-refractivity contribution in [2.45, 2.75) is 0 Å². The summed E-state index contributed by atoms with van der Waals surface area (Å²) in [6.07, 6.45) is 0. The van der Waals surface area contributed by atoms with E-state index in [-0.39, 0.29) is 5.91 Å². The second-order valence-electron chi connectivity index (χ2n) is 3.31. The van der Waals surface area contributed by atoms with Gasteiger partial charge in [-0.1, -0.05) is 18.2 Å². The lowest BCUT2D eigenvalue weighted by Gasteiger charge is -1.93. The van der Waals surface area contributed by atoms with Crippen LogP contribution in [0.2, 0.25) is 0 Å². The van der Waals surface area contributed by atoms with Gasteiger partial charge in [0.05, 0.1) is 0 Å². The Morgan fingerprint density at radius 3 is 2.25 bits per heavy atom. The molecule has 0 unspecified atom stereocenters. The second kappa shape index (κ2) is 4.09. The van der Waals surface area contributed by atoms with Crippen molar-refractivity contribution < 1.29 is 4.79 Å². The third-order valence-corrected chi connectivity index (χ3v) is 2.11. The quantitative estimate of drug-likeness (QED) is 0.669. The highest BCUT2D eigenvalue weighted by molar-refractivity contribution is 5.94. The SMILES string of the molecule is Cn1nnn(C)c1=NC(=O)c1ccccc1. The summed E-state index contributed by atoms with van der Waals surface area (Å²) in [5, 5.41) is 7.49. The van der Waals surface area contributed by atoms with E-state index in [1.807, 2.05) is 6.07 Å². The van der Waals surface area contributed by atoms with Gasteiger partial charge >= 0.3 is 0 Å². The van der Waals surface area contributed by atoms with Gasteiger partial charge in [0, 0.05) is 19.7 Å². The van der Waals surface area contributed by atoms with Crippen molar-refractivity contribution in [3.63, 3.8) is 0 Å². The number of hydrogen-bond donors (Lipinski definition) is 0. The molecule has 1 aromatic carbocycles.